The maximum atomic E-state index is 5.43. The van der Waals surface area contributed by atoms with E-state index in [0.717, 1.165) is 26.1 Å². The second kappa shape index (κ2) is 6.73. The molecule has 0 aromatic heterocycles. The lowest BCUT2D eigenvalue weighted by molar-refractivity contribution is 0.121. The van der Waals surface area contributed by atoms with Crippen LogP contribution >= 0.6 is 15.9 Å². The minimum atomic E-state index is 0.368. The Morgan fingerprint density at radius 1 is 1.53 bits per heavy atom. The van der Waals surface area contributed by atoms with Crippen LogP contribution in [0.3, 0.4) is 0 Å². The fraction of sp³-hybridized carbons (Fsp3) is 0.600. The Labute approximate surface area is 124 Å². The molecule has 1 aromatic rings. The first-order chi connectivity index (χ1) is 9.15. The van der Waals surface area contributed by atoms with E-state index in [1.807, 2.05) is 0 Å². The van der Waals surface area contributed by atoms with Crippen molar-refractivity contribution in [3.63, 3.8) is 0 Å². The van der Waals surface area contributed by atoms with E-state index >= 15 is 0 Å². The van der Waals surface area contributed by atoms with E-state index < -0.39 is 0 Å². The van der Waals surface area contributed by atoms with Gasteiger partial charge in [0.15, 0.2) is 0 Å². The molecular formula is C15H23BrN2O. The molecule has 0 saturated carbocycles. The fourth-order valence-corrected chi connectivity index (χ4v) is 3.26. The van der Waals surface area contributed by atoms with Crippen LogP contribution in [-0.4, -0.2) is 32.8 Å². The van der Waals surface area contributed by atoms with E-state index in [1.54, 1.807) is 7.11 Å². The lowest BCUT2D eigenvalue weighted by Crippen LogP contribution is -2.23. The molecule has 2 unspecified atom stereocenters. The summed E-state index contributed by atoms with van der Waals surface area (Å²) in [6.45, 7) is 7.37. The van der Waals surface area contributed by atoms with Crippen LogP contribution in [0.4, 0.5) is 5.69 Å². The SMILES string of the molecule is CCNC(C)c1ccc(N2CCC(OC)C2)c(Br)c1. The van der Waals surface area contributed by atoms with E-state index in [1.165, 1.54) is 15.7 Å². The molecule has 1 aliphatic heterocycles. The molecule has 1 aliphatic rings. The van der Waals surface area contributed by atoms with Gasteiger partial charge in [0, 0.05) is 30.7 Å². The molecule has 1 aromatic carbocycles. The standard InChI is InChI=1S/C15H23BrN2O/c1-4-17-11(2)12-5-6-15(14(16)9-12)18-8-7-13(10-18)19-3/h5-6,9,11,13,17H,4,7-8,10H2,1-3H3. The van der Waals surface area contributed by atoms with E-state index in [2.05, 4.69) is 58.2 Å². The molecule has 2 rings (SSSR count). The topological polar surface area (TPSA) is 24.5 Å². The maximum absolute atomic E-state index is 5.43. The molecule has 1 fully saturated rings. The zero-order valence-electron chi connectivity index (χ0n) is 11.9. The summed E-state index contributed by atoms with van der Waals surface area (Å²) in [7, 11) is 1.80. The number of hydrogen-bond acceptors (Lipinski definition) is 3. The predicted molar refractivity (Wildman–Crippen MR) is 83.9 cm³/mol. The number of nitrogens with zero attached hydrogens (tertiary/aromatic N) is 1. The molecule has 4 heteroatoms. The predicted octanol–water partition coefficient (Wildman–Crippen LogP) is 3.34. The van der Waals surface area contributed by atoms with E-state index in [9.17, 15) is 0 Å². The highest BCUT2D eigenvalue weighted by molar-refractivity contribution is 9.10. The number of hydrogen-bond donors (Lipinski definition) is 1. The van der Waals surface area contributed by atoms with E-state index in [4.69, 9.17) is 4.74 Å². The average molecular weight is 327 g/mol. The summed E-state index contributed by atoms with van der Waals surface area (Å²) in [5.41, 5.74) is 2.59. The monoisotopic (exact) mass is 326 g/mol. The molecule has 0 aliphatic carbocycles. The Bertz CT molecular complexity index is 425. The van der Waals surface area contributed by atoms with Crippen molar-refractivity contribution in [3.8, 4) is 0 Å². The van der Waals surface area contributed by atoms with Crippen LogP contribution in [0, 0.1) is 0 Å². The van der Waals surface area contributed by atoms with Gasteiger partial charge in [-0.1, -0.05) is 13.0 Å². The van der Waals surface area contributed by atoms with Gasteiger partial charge in [-0.2, -0.15) is 0 Å². The summed E-state index contributed by atoms with van der Waals surface area (Å²) in [4.78, 5) is 2.39. The lowest BCUT2D eigenvalue weighted by Gasteiger charge is -2.22. The van der Waals surface area contributed by atoms with Crippen LogP contribution in [0.25, 0.3) is 0 Å². The van der Waals surface area contributed by atoms with Gasteiger partial charge in [0.05, 0.1) is 11.8 Å². The zero-order valence-corrected chi connectivity index (χ0v) is 13.5. The molecule has 0 amide bonds. The molecule has 106 valence electrons. The van der Waals surface area contributed by atoms with Crippen molar-refractivity contribution >= 4 is 21.6 Å². The van der Waals surface area contributed by atoms with Crippen LogP contribution in [0.15, 0.2) is 22.7 Å². The average Bonchev–Trinajstić information content (AvgIpc) is 2.87. The Balaban J connectivity index is 2.11. The van der Waals surface area contributed by atoms with Gasteiger partial charge in [0.2, 0.25) is 0 Å². The van der Waals surface area contributed by atoms with Gasteiger partial charge in [-0.05, 0) is 53.5 Å². The van der Waals surface area contributed by atoms with Crippen molar-refractivity contribution in [2.45, 2.75) is 32.4 Å². The molecular weight excluding hydrogens is 304 g/mol. The normalized spacial score (nSPS) is 20.8. The van der Waals surface area contributed by atoms with Gasteiger partial charge in [0.25, 0.3) is 0 Å². The van der Waals surface area contributed by atoms with Crippen molar-refractivity contribution in [1.29, 1.82) is 0 Å². The van der Waals surface area contributed by atoms with Crippen LogP contribution in [0.1, 0.15) is 31.9 Å². The van der Waals surface area contributed by atoms with Crippen molar-refractivity contribution in [1.82, 2.24) is 5.32 Å². The number of nitrogens with one attached hydrogen (secondary N) is 1. The number of methoxy groups -OCH3 is 1. The fourth-order valence-electron chi connectivity index (χ4n) is 2.61. The van der Waals surface area contributed by atoms with Gasteiger partial charge in [-0.25, -0.2) is 0 Å². The van der Waals surface area contributed by atoms with Crippen molar-refractivity contribution < 1.29 is 4.74 Å². The minimum Gasteiger partial charge on any atom is -0.380 e. The third kappa shape index (κ3) is 3.50. The van der Waals surface area contributed by atoms with Gasteiger partial charge in [0.1, 0.15) is 0 Å². The highest BCUT2D eigenvalue weighted by Gasteiger charge is 2.23. The van der Waals surface area contributed by atoms with Gasteiger partial charge < -0.3 is 15.0 Å². The largest absolute Gasteiger partial charge is 0.380 e. The van der Waals surface area contributed by atoms with Crippen molar-refractivity contribution in [2.75, 3.05) is 31.6 Å². The number of ether oxygens (including phenoxy) is 1. The molecule has 2 atom stereocenters. The number of benzene rings is 1. The zero-order chi connectivity index (χ0) is 13.8. The van der Waals surface area contributed by atoms with E-state index in [0.29, 0.717) is 12.1 Å². The minimum absolute atomic E-state index is 0.368. The molecule has 0 radical (unpaired) electrons. The molecule has 3 nitrogen and oxygen atoms in total. The molecule has 1 saturated heterocycles. The molecule has 19 heavy (non-hydrogen) atoms. The number of anilines is 1. The Kier molecular flexibility index (Phi) is 5.25. The summed E-state index contributed by atoms with van der Waals surface area (Å²) in [5, 5.41) is 3.44. The highest BCUT2D eigenvalue weighted by Crippen LogP contribution is 2.32. The first-order valence-corrected chi connectivity index (χ1v) is 7.75. The summed E-state index contributed by atoms with van der Waals surface area (Å²) in [6, 6.07) is 7.04. The van der Waals surface area contributed by atoms with Crippen LogP contribution in [0.2, 0.25) is 0 Å². The summed E-state index contributed by atoms with van der Waals surface area (Å²) >= 11 is 3.71. The summed E-state index contributed by atoms with van der Waals surface area (Å²) < 4.78 is 6.60. The number of rotatable bonds is 5. The number of halogens is 1. The van der Waals surface area contributed by atoms with Crippen molar-refractivity contribution in [2.24, 2.45) is 0 Å². The van der Waals surface area contributed by atoms with Crippen LogP contribution in [-0.2, 0) is 4.74 Å². The van der Waals surface area contributed by atoms with Crippen LogP contribution in [0.5, 0.6) is 0 Å². The summed E-state index contributed by atoms with van der Waals surface area (Å²) in [6.07, 6.45) is 1.48. The maximum Gasteiger partial charge on any atom is 0.0762 e. The molecule has 1 heterocycles. The Hall–Kier alpha value is -0.580. The third-order valence-corrected chi connectivity index (χ3v) is 4.44. The third-order valence-electron chi connectivity index (χ3n) is 3.80. The molecule has 0 spiro atoms. The van der Waals surface area contributed by atoms with Gasteiger partial charge >= 0.3 is 0 Å². The van der Waals surface area contributed by atoms with Crippen LogP contribution < -0.4 is 10.2 Å². The lowest BCUT2D eigenvalue weighted by atomic mass is 10.1. The Morgan fingerprint density at radius 2 is 2.32 bits per heavy atom. The first-order valence-electron chi connectivity index (χ1n) is 6.96. The second-order valence-corrected chi connectivity index (χ2v) is 5.94. The second-order valence-electron chi connectivity index (χ2n) is 5.08. The smallest absolute Gasteiger partial charge is 0.0762 e. The van der Waals surface area contributed by atoms with Gasteiger partial charge in [-0.3, -0.25) is 0 Å². The Morgan fingerprint density at radius 3 is 2.89 bits per heavy atom. The first kappa shape index (κ1) is 14.8. The van der Waals surface area contributed by atoms with Crippen molar-refractivity contribution in [3.05, 3.63) is 28.2 Å². The van der Waals surface area contributed by atoms with Gasteiger partial charge in [-0.15, -0.1) is 0 Å². The highest BCUT2D eigenvalue weighted by atomic mass is 79.9. The summed E-state index contributed by atoms with van der Waals surface area (Å²) in [5.74, 6) is 0. The van der Waals surface area contributed by atoms with E-state index in [-0.39, 0.29) is 0 Å². The molecule has 0 bridgehead atoms. The molecule has 1 N–H and O–H groups in total. The quantitative estimate of drug-likeness (QED) is 0.898.